The molecule has 2 N–H and O–H groups in total. The Morgan fingerprint density at radius 2 is 2.35 bits per heavy atom. The predicted octanol–water partition coefficient (Wildman–Crippen LogP) is 1.38. The largest absolute Gasteiger partial charge is 0.477 e. The van der Waals surface area contributed by atoms with Crippen molar-refractivity contribution in [3.63, 3.8) is 0 Å². The number of carbonyl (C=O) groups is 1. The molecular formula is C12H18N2O4S2. The maximum absolute atomic E-state index is 12.3. The van der Waals surface area contributed by atoms with Gasteiger partial charge in [0.1, 0.15) is 10.6 Å². The summed E-state index contributed by atoms with van der Waals surface area (Å²) >= 11 is 1.73. The van der Waals surface area contributed by atoms with Crippen LogP contribution in [0.2, 0.25) is 0 Å². The summed E-state index contributed by atoms with van der Waals surface area (Å²) in [6, 6.07) is 1.14. The van der Waals surface area contributed by atoms with Crippen molar-refractivity contribution in [2.24, 2.45) is 0 Å². The van der Waals surface area contributed by atoms with Crippen LogP contribution in [0.4, 0.5) is 0 Å². The standard InChI is InChI=1S/C12H18N2O4S2/c1-2-14-7-10(6-11(14)12(15)16)20(17,18)13-9-4-3-5-19-8-9/h6-7,9,13H,2-5,8H2,1H3,(H,15,16). The van der Waals surface area contributed by atoms with Gasteiger partial charge in [0.15, 0.2) is 0 Å². The highest BCUT2D eigenvalue weighted by Gasteiger charge is 2.25. The molecule has 1 aromatic rings. The van der Waals surface area contributed by atoms with Crippen molar-refractivity contribution in [2.75, 3.05) is 11.5 Å². The van der Waals surface area contributed by atoms with Crippen molar-refractivity contribution in [3.8, 4) is 0 Å². The number of carboxylic acid groups (broad SMARTS) is 1. The van der Waals surface area contributed by atoms with Gasteiger partial charge in [0, 0.05) is 24.5 Å². The third-order valence-electron chi connectivity index (χ3n) is 3.22. The molecule has 0 bridgehead atoms. The minimum Gasteiger partial charge on any atom is -0.477 e. The Morgan fingerprint density at radius 3 is 2.85 bits per heavy atom. The lowest BCUT2D eigenvalue weighted by Gasteiger charge is -2.21. The molecule has 1 unspecified atom stereocenters. The SMILES string of the molecule is CCn1cc(S(=O)(=O)NC2CCCSC2)cc1C(=O)O. The van der Waals surface area contributed by atoms with Crippen molar-refractivity contribution < 1.29 is 18.3 Å². The van der Waals surface area contributed by atoms with Gasteiger partial charge in [-0.15, -0.1) is 0 Å². The maximum Gasteiger partial charge on any atom is 0.352 e. The van der Waals surface area contributed by atoms with Gasteiger partial charge in [-0.25, -0.2) is 17.9 Å². The van der Waals surface area contributed by atoms with E-state index in [-0.39, 0.29) is 16.6 Å². The van der Waals surface area contributed by atoms with Crippen LogP contribution in [0.15, 0.2) is 17.2 Å². The van der Waals surface area contributed by atoms with Crippen LogP contribution in [0.5, 0.6) is 0 Å². The number of sulfonamides is 1. The van der Waals surface area contributed by atoms with E-state index in [9.17, 15) is 13.2 Å². The average Bonchev–Trinajstić information content (AvgIpc) is 2.84. The molecule has 112 valence electrons. The Bertz CT molecular complexity index is 589. The molecule has 6 nitrogen and oxygen atoms in total. The van der Waals surface area contributed by atoms with E-state index in [1.165, 1.54) is 16.8 Å². The number of thioether (sulfide) groups is 1. The zero-order chi connectivity index (χ0) is 14.8. The smallest absolute Gasteiger partial charge is 0.352 e. The summed E-state index contributed by atoms with van der Waals surface area (Å²) in [5.41, 5.74) is -0.00843. The van der Waals surface area contributed by atoms with Crippen LogP contribution in [0.3, 0.4) is 0 Å². The van der Waals surface area contributed by atoms with E-state index in [0.29, 0.717) is 6.54 Å². The molecule has 8 heteroatoms. The highest BCUT2D eigenvalue weighted by molar-refractivity contribution is 7.99. The highest BCUT2D eigenvalue weighted by Crippen LogP contribution is 2.20. The molecule has 0 saturated carbocycles. The number of aryl methyl sites for hydroxylation is 1. The molecule has 0 aliphatic carbocycles. The van der Waals surface area contributed by atoms with Crippen molar-refractivity contribution in [1.29, 1.82) is 0 Å². The van der Waals surface area contributed by atoms with Crippen LogP contribution in [-0.4, -0.2) is 41.6 Å². The first-order valence-electron chi connectivity index (χ1n) is 6.47. The van der Waals surface area contributed by atoms with Gasteiger partial charge in [0.2, 0.25) is 10.0 Å². The maximum atomic E-state index is 12.3. The highest BCUT2D eigenvalue weighted by atomic mass is 32.2. The lowest BCUT2D eigenvalue weighted by atomic mass is 10.2. The Kier molecular flexibility index (Phi) is 4.77. The molecule has 1 aromatic heterocycles. The first kappa shape index (κ1) is 15.4. The quantitative estimate of drug-likeness (QED) is 0.856. The fraction of sp³-hybridized carbons (Fsp3) is 0.583. The fourth-order valence-electron chi connectivity index (χ4n) is 2.19. The summed E-state index contributed by atoms with van der Waals surface area (Å²) < 4.78 is 28.6. The van der Waals surface area contributed by atoms with E-state index in [1.54, 1.807) is 18.7 Å². The number of carboxylic acids is 1. The molecule has 1 aliphatic rings. The number of nitrogens with one attached hydrogen (secondary N) is 1. The Hall–Kier alpha value is -0.990. The molecule has 2 rings (SSSR count). The van der Waals surface area contributed by atoms with Crippen molar-refractivity contribution >= 4 is 27.8 Å². The van der Waals surface area contributed by atoms with Gasteiger partial charge in [-0.05, 0) is 31.6 Å². The van der Waals surface area contributed by atoms with E-state index in [0.717, 1.165) is 24.3 Å². The predicted molar refractivity (Wildman–Crippen MR) is 77.7 cm³/mol. The number of nitrogens with zero attached hydrogens (tertiary/aromatic N) is 1. The van der Waals surface area contributed by atoms with Crippen LogP contribution < -0.4 is 4.72 Å². The molecule has 1 aliphatic heterocycles. The third kappa shape index (κ3) is 3.36. The monoisotopic (exact) mass is 318 g/mol. The van der Waals surface area contributed by atoms with Gasteiger partial charge in [-0.3, -0.25) is 0 Å². The lowest BCUT2D eigenvalue weighted by Crippen LogP contribution is -2.38. The second-order valence-electron chi connectivity index (χ2n) is 4.69. The fourth-order valence-corrected chi connectivity index (χ4v) is 4.68. The second-order valence-corrected chi connectivity index (χ2v) is 7.55. The van der Waals surface area contributed by atoms with E-state index in [2.05, 4.69) is 4.72 Å². The van der Waals surface area contributed by atoms with E-state index in [1.807, 2.05) is 0 Å². The molecule has 0 spiro atoms. The number of hydrogen-bond donors (Lipinski definition) is 2. The van der Waals surface area contributed by atoms with Gasteiger partial charge >= 0.3 is 5.97 Å². The molecule has 0 amide bonds. The van der Waals surface area contributed by atoms with E-state index < -0.39 is 16.0 Å². The van der Waals surface area contributed by atoms with Crippen molar-refractivity contribution in [2.45, 2.75) is 37.2 Å². The van der Waals surface area contributed by atoms with Crippen LogP contribution in [0.25, 0.3) is 0 Å². The lowest BCUT2D eigenvalue weighted by molar-refractivity contribution is 0.0685. The molecule has 1 saturated heterocycles. The third-order valence-corrected chi connectivity index (χ3v) is 5.93. The Morgan fingerprint density at radius 1 is 1.60 bits per heavy atom. The summed E-state index contributed by atoms with van der Waals surface area (Å²) in [6.45, 7) is 2.18. The zero-order valence-electron chi connectivity index (χ0n) is 11.2. The second kappa shape index (κ2) is 6.19. The normalized spacial score (nSPS) is 19.9. The summed E-state index contributed by atoms with van der Waals surface area (Å²) in [7, 11) is -3.65. The first-order valence-corrected chi connectivity index (χ1v) is 9.11. The summed E-state index contributed by atoms with van der Waals surface area (Å²) in [6.07, 6.45) is 3.20. The van der Waals surface area contributed by atoms with E-state index >= 15 is 0 Å². The number of rotatable bonds is 5. The zero-order valence-corrected chi connectivity index (χ0v) is 12.8. The van der Waals surface area contributed by atoms with Crippen molar-refractivity contribution in [3.05, 3.63) is 18.0 Å². The average molecular weight is 318 g/mol. The van der Waals surface area contributed by atoms with Gasteiger partial charge in [0.25, 0.3) is 0 Å². The summed E-state index contributed by atoms with van der Waals surface area (Å²) in [5.74, 6) is 0.703. The van der Waals surface area contributed by atoms with Crippen LogP contribution in [0, 0.1) is 0 Å². The van der Waals surface area contributed by atoms with Crippen molar-refractivity contribution in [1.82, 2.24) is 9.29 Å². The minimum atomic E-state index is -3.65. The van der Waals surface area contributed by atoms with Crippen LogP contribution in [0.1, 0.15) is 30.3 Å². The van der Waals surface area contributed by atoms with Crippen LogP contribution in [-0.2, 0) is 16.6 Å². The molecule has 20 heavy (non-hydrogen) atoms. The first-order chi connectivity index (χ1) is 9.44. The molecule has 2 heterocycles. The number of aromatic nitrogens is 1. The molecule has 1 fully saturated rings. The topological polar surface area (TPSA) is 88.4 Å². The summed E-state index contributed by atoms with van der Waals surface area (Å²) in [5, 5.41) is 9.06. The molecular weight excluding hydrogens is 300 g/mol. The van der Waals surface area contributed by atoms with Gasteiger partial charge in [-0.1, -0.05) is 0 Å². The van der Waals surface area contributed by atoms with E-state index in [4.69, 9.17) is 5.11 Å². The molecule has 0 radical (unpaired) electrons. The van der Waals surface area contributed by atoms with Gasteiger partial charge in [0.05, 0.1) is 0 Å². The van der Waals surface area contributed by atoms with Gasteiger partial charge < -0.3 is 9.67 Å². The number of hydrogen-bond acceptors (Lipinski definition) is 4. The number of aromatic carboxylic acids is 1. The molecule has 1 atom stereocenters. The summed E-state index contributed by atoms with van der Waals surface area (Å²) in [4.78, 5) is 11.1. The molecule has 0 aromatic carbocycles. The Balaban J connectivity index is 2.22. The van der Waals surface area contributed by atoms with Gasteiger partial charge in [-0.2, -0.15) is 11.8 Å². The van der Waals surface area contributed by atoms with Crippen LogP contribution >= 0.6 is 11.8 Å². The Labute approximate surface area is 122 Å². The minimum absolute atomic E-state index is 0.00843.